The van der Waals surface area contributed by atoms with Gasteiger partial charge in [-0.3, -0.25) is 4.79 Å². The fraction of sp³-hybridized carbons (Fsp3) is 0.938. The summed E-state index contributed by atoms with van der Waals surface area (Å²) in [4.78, 5) is 12.2. The second kappa shape index (κ2) is 9.35. The van der Waals surface area contributed by atoms with Crippen molar-refractivity contribution in [3.8, 4) is 0 Å². The third-order valence-electron chi connectivity index (χ3n) is 4.30. The van der Waals surface area contributed by atoms with Crippen molar-refractivity contribution in [3.63, 3.8) is 0 Å². The van der Waals surface area contributed by atoms with Crippen LogP contribution in [0.25, 0.3) is 0 Å². The molecule has 2 N–H and O–H groups in total. The monoisotopic (exact) mass is 284 g/mol. The molecule has 1 heterocycles. The van der Waals surface area contributed by atoms with Gasteiger partial charge in [0, 0.05) is 13.0 Å². The highest BCUT2D eigenvalue weighted by molar-refractivity contribution is 5.76. The summed E-state index contributed by atoms with van der Waals surface area (Å²) in [6.45, 7) is 11.9. The molecule has 0 radical (unpaired) electrons. The Morgan fingerprint density at radius 2 is 2.15 bits per heavy atom. The quantitative estimate of drug-likeness (QED) is 0.718. The van der Waals surface area contributed by atoms with Gasteiger partial charge in [-0.05, 0) is 50.6 Å². The van der Waals surface area contributed by atoms with Gasteiger partial charge in [-0.1, -0.05) is 20.8 Å². The molecule has 0 aromatic heterocycles. The van der Waals surface area contributed by atoms with Crippen molar-refractivity contribution in [2.45, 2.75) is 53.0 Å². The Morgan fingerprint density at radius 3 is 2.70 bits per heavy atom. The number of carbonyl (C=O) groups is 1. The number of carbonyl (C=O) groups excluding carboxylic acids is 1. The van der Waals surface area contributed by atoms with Gasteiger partial charge in [0.2, 0.25) is 5.91 Å². The number of ether oxygens (including phenoxy) is 1. The van der Waals surface area contributed by atoms with Crippen molar-refractivity contribution in [3.05, 3.63) is 0 Å². The minimum Gasteiger partial charge on any atom is -0.380 e. The molecule has 4 heteroatoms. The summed E-state index contributed by atoms with van der Waals surface area (Å²) < 4.78 is 5.45. The Morgan fingerprint density at radius 1 is 1.40 bits per heavy atom. The zero-order chi connectivity index (χ0) is 15.0. The molecule has 1 rings (SSSR count). The first-order valence-corrected chi connectivity index (χ1v) is 8.12. The van der Waals surface area contributed by atoms with Gasteiger partial charge in [0.25, 0.3) is 0 Å². The SMILES string of the molecule is CCOCC(NC(=O)CC(C)C1CCCNC1)C(C)C. The summed E-state index contributed by atoms with van der Waals surface area (Å²) >= 11 is 0. The van der Waals surface area contributed by atoms with Gasteiger partial charge in [0.05, 0.1) is 12.6 Å². The molecule has 20 heavy (non-hydrogen) atoms. The lowest BCUT2D eigenvalue weighted by atomic mass is 9.85. The topological polar surface area (TPSA) is 50.4 Å². The van der Waals surface area contributed by atoms with Crippen LogP contribution < -0.4 is 10.6 Å². The van der Waals surface area contributed by atoms with Crippen LogP contribution in [0.5, 0.6) is 0 Å². The van der Waals surface area contributed by atoms with Crippen LogP contribution in [0.4, 0.5) is 0 Å². The third-order valence-corrected chi connectivity index (χ3v) is 4.30. The number of amides is 1. The molecule has 4 nitrogen and oxygen atoms in total. The zero-order valence-electron chi connectivity index (χ0n) is 13.6. The highest BCUT2D eigenvalue weighted by Gasteiger charge is 2.23. The molecule has 3 unspecified atom stereocenters. The number of hydrogen-bond donors (Lipinski definition) is 2. The summed E-state index contributed by atoms with van der Waals surface area (Å²) in [7, 11) is 0. The average molecular weight is 284 g/mol. The molecule has 1 saturated heterocycles. The van der Waals surface area contributed by atoms with Crippen molar-refractivity contribution < 1.29 is 9.53 Å². The van der Waals surface area contributed by atoms with Crippen molar-refractivity contribution >= 4 is 5.91 Å². The van der Waals surface area contributed by atoms with Crippen LogP contribution in [0.2, 0.25) is 0 Å². The summed E-state index contributed by atoms with van der Waals surface area (Å²) in [5, 5.41) is 6.56. The maximum atomic E-state index is 12.2. The van der Waals surface area contributed by atoms with E-state index in [9.17, 15) is 4.79 Å². The molecule has 3 atom stereocenters. The Bertz CT molecular complexity index is 276. The van der Waals surface area contributed by atoms with Crippen LogP contribution in [-0.2, 0) is 9.53 Å². The van der Waals surface area contributed by atoms with Gasteiger partial charge >= 0.3 is 0 Å². The number of piperidine rings is 1. The van der Waals surface area contributed by atoms with Gasteiger partial charge in [-0.15, -0.1) is 0 Å². The van der Waals surface area contributed by atoms with E-state index in [0.29, 0.717) is 37.4 Å². The van der Waals surface area contributed by atoms with Gasteiger partial charge in [0.15, 0.2) is 0 Å². The van der Waals surface area contributed by atoms with E-state index in [-0.39, 0.29) is 11.9 Å². The van der Waals surface area contributed by atoms with Crippen molar-refractivity contribution in [2.75, 3.05) is 26.3 Å². The van der Waals surface area contributed by atoms with Gasteiger partial charge in [-0.25, -0.2) is 0 Å². The second-order valence-electron chi connectivity index (χ2n) is 6.37. The molecule has 0 aliphatic carbocycles. The molecule has 1 aliphatic heterocycles. The van der Waals surface area contributed by atoms with Crippen LogP contribution in [-0.4, -0.2) is 38.3 Å². The standard InChI is InChI=1S/C16H32N2O2/c1-5-20-11-15(12(2)3)18-16(19)9-13(4)14-7-6-8-17-10-14/h12-15,17H,5-11H2,1-4H3,(H,18,19). The van der Waals surface area contributed by atoms with E-state index in [4.69, 9.17) is 4.74 Å². The predicted molar refractivity (Wildman–Crippen MR) is 82.6 cm³/mol. The molecule has 0 saturated carbocycles. The maximum Gasteiger partial charge on any atom is 0.220 e. The number of hydrogen-bond acceptors (Lipinski definition) is 3. The average Bonchev–Trinajstić information content (AvgIpc) is 2.44. The highest BCUT2D eigenvalue weighted by Crippen LogP contribution is 2.22. The summed E-state index contributed by atoms with van der Waals surface area (Å²) in [6, 6.07) is 0.124. The third kappa shape index (κ3) is 6.23. The molecule has 1 aliphatic rings. The Hall–Kier alpha value is -0.610. The van der Waals surface area contributed by atoms with Gasteiger partial charge in [-0.2, -0.15) is 0 Å². The van der Waals surface area contributed by atoms with Crippen LogP contribution in [0.1, 0.15) is 47.0 Å². The highest BCUT2D eigenvalue weighted by atomic mass is 16.5. The summed E-state index contributed by atoms with van der Waals surface area (Å²) in [5.74, 6) is 1.65. The summed E-state index contributed by atoms with van der Waals surface area (Å²) in [6.07, 6.45) is 3.10. The molecule has 0 bridgehead atoms. The molecule has 118 valence electrons. The molecule has 1 fully saturated rings. The van der Waals surface area contributed by atoms with E-state index in [0.717, 1.165) is 13.1 Å². The van der Waals surface area contributed by atoms with E-state index in [1.165, 1.54) is 12.8 Å². The number of rotatable bonds is 8. The van der Waals surface area contributed by atoms with E-state index in [1.54, 1.807) is 0 Å². The predicted octanol–water partition coefficient (Wildman–Crippen LogP) is 2.19. The van der Waals surface area contributed by atoms with Crippen molar-refractivity contribution in [1.82, 2.24) is 10.6 Å². The normalized spacial score (nSPS) is 22.6. The van der Waals surface area contributed by atoms with Crippen LogP contribution in [0.3, 0.4) is 0 Å². The molecule has 0 spiro atoms. The van der Waals surface area contributed by atoms with E-state index in [2.05, 4.69) is 31.4 Å². The van der Waals surface area contributed by atoms with Crippen LogP contribution in [0, 0.1) is 17.8 Å². The minimum absolute atomic E-state index is 0.124. The molecular weight excluding hydrogens is 252 g/mol. The lowest BCUT2D eigenvalue weighted by Crippen LogP contribution is -2.43. The van der Waals surface area contributed by atoms with E-state index >= 15 is 0 Å². The Balaban J connectivity index is 2.35. The van der Waals surface area contributed by atoms with Crippen LogP contribution >= 0.6 is 0 Å². The first-order valence-electron chi connectivity index (χ1n) is 8.12. The molecule has 1 amide bonds. The van der Waals surface area contributed by atoms with Crippen LogP contribution in [0.15, 0.2) is 0 Å². The van der Waals surface area contributed by atoms with Crippen molar-refractivity contribution in [2.24, 2.45) is 17.8 Å². The first kappa shape index (κ1) is 17.4. The zero-order valence-corrected chi connectivity index (χ0v) is 13.6. The second-order valence-corrected chi connectivity index (χ2v) is 6.37. The van der Waals surface area contributed by atoms with Crippen molar-refractivity contribution in [1.29, 1.82) is 0 Å². The first-order chi connectivity index (χ1) is 9.54. The lowest BCUT2D eigenvalue weighted by Gasteiger charge is -2.29. The molecular formula is C16H32N2O2. The van der Waals surface area contributed by atoms with E-state index < -0.39 is 0 Å². The summed E-state index contributed by atoms with van der Waals surface area (Å²) in [5.41, 5.74) is 0. The maximum absolute atomic E-state index is 12.2. The molecule has 0 aromatic carbocycles. The fourth-order valence-electron chi connectivity index (χ4n) is 2.73. The van der Waals surface area contributed by atoms with Gasteiger partial charge in [0.1, 0.15) is 0 Å². The Labute approximate surface area is 124 Å². The molecule has 0 aromatic rings. The Kier molecular flexibility index (Phi) is 8.15. The van der Waals surface area contributed by atoms with Gasteiger partial charge < -0.3 is 15.4 Å². The smallest absolute Gasteiger partial charge is 0.220 e. The lowest BCUT2D eigenvalue weighted by molar-refractivity contribution is -0.123. The van der Waals surface area contributed by atoms with E-state index in [1.807, 2.05) is 6.92 Å². The fourth-order valence-corrected chi connectivity index (χ4v) is 2.73. The minimum atomic E-state index is 0.124. The number of nitrogens with one attached hydrogen (secondary N) is 2. The largest absolute Gasteiger partial charge is 0.380 e.